The number of methoxy groups -OCH3 is 3. The number of para-hydroxylation sites is 2. The molecule has 3 aromatic carbocycles. The third kappa shape index (κ3) is 3.85. The Hall–Kier alpha value is -3.93. The zero-order chi connectivity index (χ0) is 23.7. The number of hydrogen-bond donors (Lipinski definition) is 2. The molecule has 0 unspecified atom stereocenters. The summed E-state index contributed by atoms with van der Waals surface area (Å²) in [6.45, 7) is 0. The van der Waals surface area contributed by atoms with Gasteiger partial charge in [-0.25, -0.2) is 0 Å². The van der Waals surface area contributed by atoms with Crippen molar-refractivity contribution in [1.82, 2.24) is 0 Å². The number of carbonyl (C=O) groups is 1. The maximum atomic E-state index is 13.7. The van der Waals surface area contributed by atoms with Crippen LogP contribution >= 0.6 is 0 Å². The molecular weight excluding hydrogens is 428 g/mol. The van der Waals surface area contributed by atoms with Crippen LogP contribution in [0.15, 0.2) is 78.0 Å². The van der Waals surface area contributed by atoms with Crippen molar-refractivity contribution in [3.8, 4) is 17.2 Å². The van der Waals surface area contributed by atoms with Crippen LogP contribution in [0, 0.1) is 0 Å². The minimum atomic E-state index is -0.412. The van der Waals surface area contributed by atoms with E-state index in [1.165, 1.54) is 5.56 Å². The van der Waals surface area contributed by atoms with Gasteiger partial charge < -0.3 is 24.8 Å². The van der Waals surface area contributed by atoms with E-state index < -0.39 is 6.04 Å². The monoisotopic (exact) mass is 456 g/mol. The predicted molar refractivity (Wildman–Crippen MR) is 133 cm³/mol. The summed E-state index contributed by atoms with van der Waals surface area (Å²) < 4.78 is 16.8. The first kappa shape index (κ1) is 21.9. The highest BCUT2D eigenvalue weighted by Crippen LogP contribution is 2.47. The zero-order valence-electron chi connectivity index (χ0n) is 19.6. The quantitative estimate of drug-likeness (QED) is 0.514. The van der Waals surface area contributed by atoms with E-state index in [0.29, 0.717) is 23.7 Å². The predicted octanol–water partition coefficient (Wildman–Crippen LogP) is 5.69. The van der Waals surface area contributed by atoms with Gasteiger partial charge >= 0.3 is 0 Å². The molecule has 0 saturated heterocycles. The van der Waals surface area contributed by atoms with Gasteiger partial charge in [-0.05, 0) is 36.1 Å². The Labute approximate surface area is 199 Å². The molecule has 34 heavy (non-hydrogen) atoms. The number of anilines is 2. The maximum Gasteiger partial charge on any atom is 0.164 e. The number of nitrogens with one attached hydrogen (secondary N) is 2. The lowest BCUT2D eigenvalue weighted by Crippen LogP contribution is -2.27. The van der Waals surface area contributed by atoms with E-state index in [0.717, 1.165) is 34.6 Å². The van der Waals surface area contributed by atoms with Gasteiger partial charge in [0.2, 0.25) is 0 Å². The molecule has 6 heteroatoms. The van der Waals surface area contributed by atoms with Crippen LogP contribution in [-0.4, -0.2) is 27.1 Å². The molecule has 174 valence electrons. The molecule has 1 aliphatic carbocycles. The second kappa shape index (κ2) is 9.14. The van der Waals surface area contributed by atoms with Crippen LogP contribution in [0.4, 0.5) is 11.4 Å². The summed E-state index contributed by atoms with van der Waals surface area (Å²) in [4.78, 5) is 13.7. The standard InChI is InChI=1S/C28H28N2O4/c1-32-24-16-26(34-3)25(33-2)15-19(24)28-27-22(29-20-11-7-8-12-21(20)30-28)13-18(14-23(27)31)17-9-5-4-6-10-17/h4-12,15-16,18,28-30H,13-14H2,1-3H3/t18-,28-/m1/s1. The van der Waals surface area contributed by atoms with Crippen LogP contribution in [-0.2, 0) is 4.79 Å². The number of hydrogen-bond acceptors (Lipinski definition) is 6. The lowest BCUT2D eigenvalue weighted by molar-refractivity contribution is -0.116. The van der Waals surface area contributed by atoms with Crippen molar-refractivity contribution in [2.24, 2.45) is 0 Å². The Morgan fingerprint density at radius 1 is 0.765 bits per heavy atom. The summed E-state index contributed by atoms with van der Waals surface area (Å²) in [7, 11) is 4.82. The molecule has 1 aliphatic heterocycles. The average Bonchev–Trinajstić information content (AvgIpc) is 3.05. The summed E-state index contributed by atoms with van der Waals surface area (Å²) in [6, 6.07) is 21.6. The fourth-order valence-corrected chi connectivity index (χ4v) is 4.96. The molecule has 0 fully saturated rings. The third-order valence-electron chi connectivity index (χ3n) is 6.63. The van der Waals surface area contributed by atoms with Gasteiger partial charge in [0.1, 0.15) is 5.75 Å². The average molecular weight is 457 g/mol. The van der Waals surface area contributed by atoms with Gasteiger partial charge in [-0.2, -0.15) is 0 Å². The molecule has 0 radical (unpaired) electrons. The van der Waals surface area contributed by atoms with Crippen molar-refractivity contribution >= 4 is 17.2 Å². The molecule has 0 aromatic heterocycles. The van der Waals surface area contributed by atoms with E-state index >= 15 is 0 Å². The van der Waals surface area contributed by atoms with Crippen molar-refractivity contribution in [3.05, 3.63) is 89.1 Å². The van der Waals surface area contributed by atoms with Crippen LogP contribution in [0.2, 0.25) is 0 Å². The maximum absolute atomic E-state index is 13.7. The summed E-state index contributed by atoms with van der Waals surface area (Å²) in [6.07, 6.45) is 1.20. The van der Waals surface area contributed by atoms with Crippen molar-refractivity contribution in [2.45, 2.75) is 24.8 Å². The molecule has 6 nitrogen and oxygen atoms in total. The number of allylic oxidation sites excluding steroid dienone is 1. The summed E-state index contributed by atoms with van der Waals surface area (Å²) in [5, 5.41) is 7.19. The Balaban J connectivity index is 1.67. The Kier molecular flexibility index (Phi) is 5.88. The fraction of sp³-hybridized carbons (Fsp3) is 0.250. The van der Waals surface area contributed by atoms with Gasteiger partial charge in [-0.3, -0.25) is 4.79 Å². The molecule has 0 spiro atoms. The first-order valence-corrected chi connectivity index (χ1v) is 11.4. The van der Waals surface area contributed by atoms with Crippen molar-refractivity contribution in [3.63, 3.8) is 0 Å². The van der Waals surface area contributed by atoms with Crippen molar-refractivity contribution < 1.29 is 19.0 Å². The van der Waals surface area contributed by atoms with Gasteiger partial charge in [0, 0.05) is 29.3 Å². The van der Waals surface area contributed by atoms with Gasteiger partial charge in [-0.15, -0.1) is 0 Å². The topological polar surface area (TPSA) is 68.8 Å². The number of rotatable bonds is 5. The van der Waals surface area contributed by atoms with Crippen molar-refractivity contribution in [1.29, 1.82) is 0 Å². The molecule has 1 heterocycles. The minimum Gasteiger partial charge on any atom is -0.496 e. The number of fused-ring (bicyclic) bond motifs is 1. The summed E-state index contributed by atoms with van der Waals surface area (Å²) in [5.41, 5.74) is 5.52. The van der Waals surface area contributed by atoms with E-state index in [2.05, 4.69) is 22.8 Å². The van der Waals surface area contributed by atoms with Gasteiger partial charge in [-0.1, -0.05) is 42.5 Å². The van der Waals surface area contributed by atoms with Crippen LogP contribution in [0.3, 0.4) is 0 Å². The molecule has 2 aliphatic rings. The number of ketones is 1. The third-order valence-corrected chi connectivity index (χ3v) is 6.63. The number of carbonyl (C=O) groups excluding carboxylic acids is 1. The highest BCUT2D eigenvalue weighted by Gasteiger charge is 2.37. The Morgan fingerprint density at radius 3 is 2.12 bits per heavy atom. The highest BCUT2D eigenvalue weighted by atomic mass is 16.5. The summed E-state index contributed by atoms with van der Waals surface area (Å²) in [5.74, 6) is 2.02. The number of benzene rings is 3. The molecule has 0 saturated carbocycles. The van der Waals surface area contributed by atoms with E-state index in [1.54, 1.807) is 27.4 Å². The molecule has 5 rings (SSSR count). The molecule has 3 aromatic rings. The van der Waals surface area contributed by atoms with Crippen LogP contribution in [0.1, 0.15) is 35.9 Å². The van der Waals surface area contributed by atoms with E-state index in [9.17, 15) is 4.79 Å². The highest BCUT2D eigenvalue weighted by molar-refractivity contribution is 6.01. The first-order chi connectivity index (χ1) is 16.6. The Bertz CT molecular complexity index is 1250. The molecule has 2 atom stereocenters. The molecule has 2 N–H and O–H groups in total. The van der Waals surface area contributed by atoms with Crippen LogP contribution in [0.5, 0.6) is 17.2 Å². The Morgan fingerprint density at radius 2 is 1.41 bits per heavy atom. The minimum absolute atomic E-state index is 0.116. The van der Waals surface area contributed by atoms with Crippen LogP contribution < -0.4 is 24.8 Å². The lowest BCUT2D eigenvalue weighted by atomic mass is 9.78. The van der Waals surface area contributed by atoms with E-state index in [4.69, 9.17) is 14.2 Å². The second-order valence-electron chi connectivity index (χ2n) is 8.53. The van der Waals surface area contributed by atoms with Gasteiger partial charge in [0.25, 0.3) is 0 Å². The van der Waals surface area contributed by atoms with Crippen LogP contribution in [0.25, 0.3) is 0 Å². The molecule has 0 amide bonds. The fourth-order valence-electron chi connectivity index (χ4n) is 4.96. The summed E-state index contributed by atoms with van der Waals surface area (Å²) >= 11 is 0. The number of ether oxygens (including phenoxy) is 3. The normalized spacial score (nSPS) is 19.2. The van der Waals surface area contributed by atoms with E-state index in [-0.39, 0.29) is 11.7 Å². The van der Waals surface area contributed by atoms with Gasteiger partial charge in [0.05, 0.1) is 38.7 Å². The number of Topliss-reactive ketones (excluding diaryl/α,β-unsaturated/α-hetero) is 1. The smallest absolute Gasteiger partial charge is 0.164 e. The largest absolute Gasteiger partial charge is 0.496 e. The SMILES string of the molecule is COc1cc(OC)c([C@H]2Nc3ccccc3NC3=C2C(=O)C[C@H](c2ccccc2)C3)cc1OC. The molecule has 0 bridgehead atoms. The molecular formula is C28H28N2O4. The van der Waals surface area contributed by atoms with Gasteiger partial charge in [0.15, 0.2) is 17.3 Å². The zero-order valence-corrected chi connectivity index (χ0v) is 19.6. The van der Waals surface area contributed by atoms with E-state index in [1.807, 2.05) is 48.5 Å². The van der Waals surface area contributed by atoms with Crippen molar-refractivity contribution in [2.75, 3.05) is 32.0 Å². The first-order valence-electron chi connectivity index (χ1n) is 11.4. The lowest BCUT2D eigenvalue weighted by Gasteiger charge is -2.30. The second-order valence-corrected chi connectivity index (χ2v) is 8.53.